The quantitative estimate of drug-likeness (QED) is 0.628. The van der Waals surface area contributed by atoms with Crippen LogP contribution in [0.2, 0.25) is 0 Å². The molecule has 0 radical (unpaired) electrons. The summed E-state index contributed by atoms with van der Waals surface area (Å²) in [5.74, 6) is 0. The number of hydrogen-bond acceptors (Lipinski definition) is 2. The molecule has 0 bridgehead atoms. The van der Waals surface area contributed by atoms with Gasteiger partial charge in [-0.15, -0.1) is 11.3 Å². The van der Waals surface area contributed by atoms with Gasteiger partial charge >= 0.3 is 0 Å². The van der Waals surface area contributed by atoms with Gasteiger partial charge in [0.25, 0.3) is 0 Å². The van der Waals surface area contributed by atoms with Crippen molar-refractivity contribution in [2.75, 3.05) is 11.9 Å². The van der Waals surface area contributed by atoms with Crippen LogP contribution in [0.25, 0.3) is 0 Å². The lowest BCUT2D eigenvalue weighted by Crippen LogP contribution is -2.35. The van der Waals surface area contributed by atoms with Crippen molar-refractivity contribution in [3.63, 3.8) is 0 Å². The predicted octanol–water partition coefficient (Wildman–Crippen LogP) is 4.70. The van der Waals surface area contributed by atoms with E-state index in [0.717, 1.165) is 30.9 Å². The summed E-state index contributed by atoms with van der Waals surface area (Å²) in [7, 11) is 0. The summed E-state index contributed by atoms with van der Waals surface area (Å²) in [6.07, 6.45) is 3.65. The second kappa shape index (κ2) is 8.28. The fourth-order valence-electron chi connectivity index (χ4n) is 2.20. The molecule has 1 heterocycles. The molecule has 0 aliphatic heterocycles. The summed E-state index contributed by atoms with van der Waals surface area (Å²) in [5, 5.41) is 1.06. The van der Waals surface area contributed by atoms with Crippen molar-refractivity contribution in [3.8, 4) is 0 Å². The van der Waals surface area contributed by atoms with Crippen molar-refractivity contribution in [2.45, 2.75) is 52.6 Å². The van der Waals surface area contributed by atoms with E-state index in [1.165, 1.54) is 22.6 Å². The Kier molecular flexibility index (Phi) is 7.40. The summed E-state index contributed by atoms with van der Waals surface area (Å²) < 4.78 is 0. The first-order chi connectivity index (χ1) is 8.24. The lowest BCUT2D eigenvalue weighted by atomic mass is 10.1. The van der Waals surface area contributed by atoms with Gasteiger partial charge in [-0.05, 0) is 31.4 Å². The average molecular weight is 318 g/mol. The first-order valence-electron chi connectivity index (χ1n) is 6.62. The molecule has 3 heteroatoms. The van der Waals surface area contributed by atoms with E-state index in [4.69, 9.17) is 0 Å². The minimum absolute atomic E-state index is 0.722. The second-order valence-electron chi connectivity index (χ2n) is 4.35. The van der Waals surface area contributed by atoms with Crippen LogP contribution in [0.15, 0.2) is 12.1 Å². The van der Waals surface area contributed by atoms with E-state index < -0.39 is 0 Å². The molecule has 1 nitrogen and oxygen atoms in total. The zero-order valence-electron chi connectivity index (χ0n) is 11.2. The molecule has 0 N–H and O–H groups in total. The highest BCUT2D eigenvalue weighted by molar-refractivity contribution is 9.09. The normalized spacial score (nSPS) is 11.6. The molecule has 1 aromatic rings. The summed E-state index contributed by atoms with van der Waals surface area (Å²) >= 11 is 5.54. The van der Waals surface area contributed by atoms with Crippen LogP contribution in [0.3, 0.4) is 0 Å². The van der Waals surface area contributed by atoms with Crippen LogP contribution < -0.4 is 0 Å². The molecule has 0 spiro atoms. The van der Waals surface area contributed by atoms with E-state index >= 15 is 0 Å². The Labute approximate surface area is 118 Å². The SMILES string of the molecule is CCc1ccc(CN(CCBr)C(CC)CC)s1. The molecule has 0 atom stereocenters. The summed E-state index contributed by atoms with van der Waals surface area (Å²) in [6.45, 7) is 9.07. The number of aryl methyl sites for hydroxylation is 1. The topological polar surface area (TPSA) is 3.24 Å². The largest absolute Gasteiger partial charge is 0.295 e. The predicted molar refractivity (Wildman–Crippen MR) is 82.3 cm³/mol. The van der Waals surface area contributed by atoms with Crippen molar-refractivity contribution in [3.05, 3.63) is 21.9 Å². The van der Waals surface area contributed by atoms with Gasteiger partial charge in [-0.3, -0.25) is 4.90 Å². The van der Waals surface area contributed by atoms with Gasteiger partial charge in [0.05, 0.1) is 0 Å². The number of thiophene rings is 1. The third kappa shape index (κ3) is 4.72. The maximum absolute atomic E-state index is 3.57. The van der Waals surface area contributed by atoms with E-state index in [2.05, 4.69) is 53.7 Å². The lowest BCUT2D eigenvalue weighted by molar-refractivity contribution is 0.191. The maximum Gasteiger partial charge on any atom is 0.0331 e. The Morgan fingerprint density at radius 3 is 2.29 bits per heavy atom. The number of halogens is 1. The van der Waals surface area contributed by atoms with Crippen LogP contribution >= 0.6 is 27.3 Å². The standard InChI is InChI=1S/C14H24BrNS/c1-4-12(5-2)16(10-9-15)11-14-8-7-13(6-3)17-14/h7-8,12H,4-6,9-11H2,1-3H3. The van der Waals surface area contributed by atoms with Gasteiger partial charge in [-0.1, -0.05) is 36.7 Å². The van der Waals surface area contributed by atoms with Gasteiger partial charge in [0, 0.05) is 34.2 Å². The molecule has 0 aliphatic carbocycles. The smallest absolute Gasteiger partial charge is 0.0331 e. The highest BCUT2D eigenvalue weighted by atomic mass is 79.9. The van der Waals surface area contributed by atoms with Crippen LogP contribution in [0, 0.1) is 0 Å². The van der Waals surface area contributed by atoms with E-state index in [1.54, 1.807) is 0 Å². The number of rotatable bonds is 8. The van der Waals surface area contributed by atoms with Gasteiger partial charge in [0.2, 0.25) is 0 Å². The van der Waals surface area contributed by atoms with E-state index in [1.807, 2.05) is 11.3 Å². The Bertz CT molecular complexity index is 307. The van der Waals surface area contributed by atoms with Gasteiger partial charge in [-0.25, -0.2) is 0 Å². The zero-order valence-corrected chi connectivity index (χ0v) is 13.6. The molecule has 0 saturated heterocycles. The fraction of sp³-hybridized carbons (Fsp3) is 0.714. The van der Waals surface area contributed by atoms with Gasteiger partial charge < -0.3 is 0 Å². The van der Waals surface area contributed by atoms with Crippen LogP contribution in [0.5, 0.6) is 0 Å². The number of nitrogens with zero attached hydrogens (tertiary/aromatic N) is 1. The molecule has 1 aromatic heterocycles. The Hall–Kier alpha value is 0.140. The average Bonchev–Trinajstić information content (AvgIpc) is 2.78. The Balaban J connectivity index is 2.64. The number of hydrogen-bond donors (Lipinski definition) is 0. The van der Waals surface area contributed by atoms with E-state index in [9.17, 15) is 0 Å². The Morgan fingerprint density at radius 1 is 1.18 bits per heavy atom. The third-order valence-corrected chi connectivity index (χ3v) is 4.82. The highest BCUT2D eigenvalue weighted by Gasteiger charge is 2.15. The minimum atomic E-state index is 0.722. The second-order valence-corrected chi connectivity index (χ2v) is 6.40. The van der Waals surface area contributed by atoms with E-state index in [0.29, 0.717) is 0 Å². The fourth-order valence-corrected chi connectivity index (χ4v) is 3.64. The van der Waals surface area contributed by atoms with Crippen molar-refractivity contribution in [1.82, 2.24) is 4.90 Å². The third-order valence-electron chi connectivity index (χ3n) is 3.26. The first-order valence-corrected chi connectivity index (χ1v) is 8.56. The van der Waals surface area contributed by atoms with Crippen molar-refractivity contribution in [2.24, 2.45) is 0 Å². The summed E-state index contributed by atoms with van der Waals surface area (Å²) in [5.41, 5.74) is 0. The molecule has 17 heavy (non-hydrogen) atoms. The van der Waals surface area contributed by atoms with Crippen LogP contribution in [-0.4, -0.2) is 22.8 Å². The molecule has 0 fully saturated rings. The molecule has 0 saturated carbocycles. The monoisotopic (exact) mass is 317 g/mol. The van der Waals surface area contributed by atoms with Crippen molar-refractivity contribution < 1.29 is 0 Å². The van der Waals surface area contributed by atoms with Crippen molar-refractivity contribution >= 4 is 27.3 Å². The van der Waals surface area contributed by atoms with Crippen LogP contribution in [0.1, 0.15) is 43.4 Å². The number of alkyl halides is 1. The molecular weight excluding hydrogens is 294 g/mol. The van der Waals surface area contributed by atoms with Gasteiger partial charge in [0.15, 0.2) is 0 Å². The molecule has 0 amide bonds. The van der Waals surface area contributed by atoms with Crippen LogP contribution in [-0.2, 0) is 13.0 Å². The van der Waals surface area contributed by atoms with Crippen LogP contribution in [0.4, 0.5) is 0 Å². The zero-order chi connectivity index (χ0) is 12.7. The first kappa shape index (κ1) is 15.2. The minimum Gasteiger partial charge on any atom is -0.295 e. The van der Waals surface area contributed by atoms with E-state index in [-0.39, 0.29) is 0 Å². The summed E-state index contributed by atoms with van der Waals surface area (Å²) in [6, 6.07) is 5.30. The molecule has 0 aromatic carbocycles. The van der Waals surface area contributed by atoms with Gasteiger partial charge in [0.1, 0.15) is 0 Å². The van der Waals surface area contributed by atoms with Crippen molar-refractivity contribution in [1.29, 1.82) is 0 Å². The Morgan fingerprint density at radius 2 is 1.82 bits per heavy atom. The molecule has 98 valence electrons. The summed E-state index contributed by atoms with van der Waals surface area (Å²) in [4.78, 5) is 5.62. The molecule has 0 aliphatic rings. The molecule has 0 unspecified atom stereocenters. The highest BCUT2D eigenvalue weighted by Crippen LogP contribution is 2.21. The maximum atomic E-state index is 3.57. The molecule has 1 rings (SSSR count). The lowest BCUT2D eigenvalue weighted by Gasteiger charge is -2.29. The van der Waals surface area contributed by atoms with Gasteiger partial charge in [-0.2, -0.15) is 0 Å². The molecular formula is C14H24BrNS.